The van der Waals surface area contributed by atoms with Gasteiger partial charge in [-0.2, -0.15) is 0 Å². The van der Waals surface area contributed by atoms with Crippen LogP contribution >= 0.6 is 0 Å². The summed E-state index contributed by atoms with van der Waals surface area (Å²) in [5.74, 6) is 0.733. The summed E-state index contributed by atoms with van der Waals surface area (Å²) >= 11 is 0. The molecule has 2 aromatic rings. The maximum Gasteiger partial charge on any atom is 0.339 e. The molecule has 25 heavy (non-hydrogen) atoms. The minimum absolute atomic E-state index is 0.0876. The molecule has 5 heteroatoms. The maximum absolute atomic E-state index is 12.4. The van der Waals surface area contributed by atoms with E-state index in [1.54, 1.807) is 13.2 Å². The van der Waals surface area contributed by atoms with E-state index < -0.39 is 0 Å². The summed E-state index contributed by atoms with van der Waals surface area (Å²) in [5, 5.41) is 0.876. The second kappa shape index (κ2) is 8.70. The molecule has 0 spiro atoms. The average molecular weight is 345 g/mol. The van der Waals surface area contributed by atoms with Gasteiger partial charge in [0.05, 0.1) is 7.11 Å². The van der Waals surface area contributed by atoms with Crippen molar-refractivity contribution in [1.29, 1.82) is 0 Å². The Kier molecular flexibility index (Phi) is 6.62. The molecule has 0 radical (unpaired) electrons. The number of benzene rings is 1. The molecule has 0 N–H and O–H groups in total. The van der Waals surface area contributed by atoms with Crippen molar-refractivity contribution >= 4 is 16.9 Å². The largest absolute Gasteiger partial charge is 0.497 e. The van der Waals surface area contributed by atoms with Crippen LogP contribution in [-0.2, 0) is 11.2 Å². The number of amides is 1. The molecule has 0 aliphatic heterocycles. The van der Waals surface area contributed by atoms with Crippen LogP contribution in [0.3, 0.4) is 0 Å². The van der Waals surface area contributed by atoms with Gasteiger partial charge in [0, 0.05) is 36.5 Å². The Hall–Kier alpha value is -2.30. The van der Waals surface area contributed by atoms with Gasteiger partial charge in [-0.25, -0.2) is 4.79 Å². The second-order valence-corrected chi connectivity index (χ2v) is 6.18. The van der Waals surface area contributed by atoms with Gasteiger partial charge in [-0.05, 0) is 44.4 Å². The lowest BCUT2D eigenvalue weighted by Gasteiger charge is -2.20. The van der Waals surface area contributed by atoms with Crippen molar-refractivity contribution in [2.24, 2.45) is 0 Å². The first-order chi connectivity index (χ1) is 12.0. The van der Waals surface area contributed by atoms with Gasteiger partial charge >= 0.3 is 5.63 Å². The lowest BCUT2D eigenvalue weighted by molar-refractivity contribution is -0.131. The number of fused-ring (bicyclic) bond motifs is 1. The summed E-state index contributed by atoms with van der Waals surface area (Å²) in [6.45, 7) is 7.47. The highest BCUT2D eigenvalue weighted by atomic mass is 16.5. The molecule has 0 aliphatic rings. The highest BCUT2D eigenvalue weighted by molar-refractivity contribution is 5.82. The van der Waals surface area contributed by atoms with E-state index in [1.807, 2.05) is 30.9 Å². The topological polar surface area (TPSA) is 59.8 Å². The Bertz CT molecular complexity index is 794. The zero-order valence-corrected chi connectivity index (χ0v) is 15.6. The van der Waals surface area contributed by atoms with Gasteiger partial charge in [-0.3, -0.25) is 4.79 Å². The van der Waals surface area contributed by atoms with Crippen molar-refractivity contribution in [3.05, 3.63) is 39.7 Å². The van der Waals surface area contributed by atoms with Crippen molar-refractivity contribution in [1.82, 2.24) is 4.90 Å². The van der Waals surface area contributed by atoms with Gasteiger partial charge in [-0.1, -0.05) is 13.3 Å². The Morgan fingerprint density at radius 2 is 2.04 bits per heavy atom. The fraction of sp³-hybridized carbons (Fsp3) is 0.500. The minimum atomic E-state index is -0.373. The highest BCUT2D eigenvalue weighted by Crippen LogP contribution is 2.24. The van der Waals surface area contributed by atoms with Gasteiger partial charge in [-0.15, -0.1) is 0 Å². The second-order valence-electron chi connectivity index (χ2n) is 6.18. The van der Waals surface area contributed by atoms with Crippen molar-refractivity contribution in [3.8, 4) is 5.75 Å². The van der Waals surface area contributed by atoms with E-state index in [4.69, 9.17) is 9.15 Å². The molecule has 0 unspecified atom stereocenters. The van der Waals surface area contributed by atoms with Gasteiger partial charge in [0.1, 0.15) is 11.3 Å². The molecule has 1 aromatic heterocycles. The normalized spacial score (nSPS) is 10.9. The Labute approximate surface area is 148 Å². The first kappa shape index (κ1) is 19.0. The van der Waals surface area contributed by atoms with E-state index in [0.717, 1.165) is 30.3 Å². The number of carbonyl (C=O) groups is 1. The number of hydrogen-bond donors (Lipinski definition) is 0. The summed E-state index contributed by atoms with van der Waals surface area (Å²) in [7, 11) is 1.57. The van der Waals surface area contributed by atoms with Crippen LogP contribution < -0.4 is 10.4 Å². The third-order valence-electron chi connectivity index (χ3n) is 4.60. The van der Waals surface area contributed by atoms with Crippen LogP contribution in [0.5, 0.6) is 5.75 Å². The van der Waals surface area contributed by atoms with E-state index >= 15 is 0 Å². The molecule has 0 fully saturated rings. The standard InChI is InChI=1S/C20H27NO4/c1-5-7-12-21(6-2)19(22)11-10-17-14(3)16-9-8-15(24-4)13-18(16)25-20(17)23/h8-9,13H,5-7,10-12H2,1-4H3. The van der Waals surface area contributed by atoms with Crippen molar-refractivity contribution in [3.63, 3.8) is 0 Å². The summed E-state index contributed by atoms with van der Waals surface area (Å²) in [5.41, 5.74) is 1.59. The fourth-order valence-corrected chi connectivity index (χ4v) is 2.99. The predicted molar refractivity (Wildman–Crippen MR) is 99.3 cm³/mol. The molecule has 0 saturated heterocycles. The minimum Gasteiger partial charge on any atom is -0.497 e. The molecule has 136 valence electrons. The zero-order valence-electron chi connectivity index (χ0n) is 15.6. The lowest BCUT2D eigenvalue weighted by atomic mass is 10.0. The van der Waals surface area contributed by atoms with E-state index in [9.17, 15) is 9.59 Å². The van der Waals surface area contributed by atoms with Crippen LogP contribution in [0.15, 0.2) is 27.4 Å². The summed E-state index contributed by atoms with van der Waals surface area (Å²) < 4.78 is 10.6. The third-order valence-corrected chi connectivity index (χ3v) is 4.60. The van der Waals surface area contributed by atoms with Gasteiger partial charge < -0.3 is 14.1 Å². The molecule has 1 aromatic carbocycles. The molecule has 0 saturated carbocycles. The monoisotopic (exact) mass is 345 g/mol. The molecular formula is C20H27NO4. The molecule has 1 amide bonds. The van der Waals surface area contributed by atoms with Crippen molar-refractivity contribution in [2.75, 3.05) is 20.2 Å². The third kappa shape index (κ3) is 4.41. The van der Waals surface area contributed by atoms with Crippen LogP contribution in [0.4, 0.5) is 0 Å². The molecule has 5 nitrogen and oxygen atoms in total. The predicted octanol–water partition coefficient (Wildman–Crippen LogP) is 3.69. The summed E-state index contributed by atoms with van der Waals surface area (Å²) in [6, 6.07) is 5.44. The van der Waals surface area contributed by atoms with Crippen LogP contribution in [0, 0.1) is 6.92 Å². The number of carbonyl (C=O) groups excluding carboxylic acids is 1. The lowest BCUT2D eigenvalue weighted by Crippen LogP contribution is -2.32. The Balaban J connectivity index is 2.21. The summed E-state index contributed by atoms with van der Waals surface area (Å²) in [6.07, 6.45) is 2.78. The zero-order chi connectivity index (χ0) is 18.4. The number of methoxy groups -OCH3 is 1. The van der Waals surface area contributed by atoms with E-state index in [2.05, 4.69) is 6.92 Å². The van der Waals surface area contributed by atoms with Crippen LogP contribution in [-0.4, -0.2) is 31.0 Å². The Morgan fingerprint density at radius 3 is 2.68 bits per heavy atom. The number of unbranched alkanes of at least 4 members (excludes halogenated alkanes) is 1. The van der Waals surface area contributed by atoms with E-state index in [0.29, 0.717) is 36.3 Å². The van der Waals surface area contributed by atoms with Crippen LogP contribution in [0.1, 0.15) is 44.2 Å². The van der Waals surface area contributed by atoms with Crippen LogP contribution in [0.25, 0.3) is 11.0 Å². The van der Waals surface area contributed by atoms with Crippen LogP contribution in [0.2, 0.25) is 0 Å². The Morgan fingerprint density at radius 1 is 1.28 bits per heavy atom. The van der Waals surface area contributed by atoms with Gasteiger partial charge in [0.15, 0.2) is 0 Å². The highest BCUT2D eigenvalue weighted by Gasteiger charge is 2.16. The molecule has 0 atom stereocenters. The number of nitrogens with zero attached hydrogens (tertiary/aromatic N) is 1. The number of hydrogen-bond acceptors (Lipinski definition) is 4. The molecule has 0 aliphatic carbocycles. The molecule has 0 bridgehead atoms. The fourth-order valence-electron chi connectivity index (χ4n) is 2.99. The molecule has 1 heterocycles. The first-order valence-corrected chi connectivity index (χ1v) is 8.89. The SMILES string of the molecule is CCCCN(CC)C(=O)CCc1c(C)c2ccc(OC)cc2oc1=O. The van der Waals surface area contributed by atoms with Crippen molar-refractivity contribution < 1.29 is 13.9 Å². The smallest absolute Gasteiger partial charge is 0.339 e. The number of ether oxygens (including phenoxy) is 1. The van der Waals surface area contributed by atoms with Gasteiger partial charge in [0.25, 0.3) is 0 Å². The first-order valence-electron chi connectivity index (χ1n) is 8.89. The maximum atomic E-state index is 12.4. The van der Waals surface area contributed by atoms with Gasteiger partial charge in [0.2, 0.25) is 5.91 Å². The van der Waals surface area contributed by atoms with E-state index in [1.165, 1.54) is 0 Å². The number of aryl methyl sites for hydroxylation is 1. The summed E-state index contributed by atoms with van der Waals surface area (Å²) in [4.78, 5) is 26.6. The quantitative estimate of drug-likeness (QED) is 0.685. The molecular weight excluding hydrogens is 318 g/mol. The molecule has 2 rings (SSSR count). The number of rotatable bonds is 8. The average Bonchev–Trinajstić information content (AvgIpc) is 2.61. The van der Waals surface area contributed by atoms with Crippen molar-refractivity contribution in [2.45, 2.75) is 46.5 Å². The van der Waals surface area contributed by atoms with E-state index in [-0.39, 0.29) is 11.5 Å².